The Labute approximate surface area is 120 Å². The standard InChI is InChI=1S/C15H14BrNO2/c16-12-8-6-11(7-9-12)10-14(15(18)19)17-13-4-2-1-3-5-13/h1-9,14,17H,10H2,(H,18,19)/t14-/m0/s1. The molecule has 2 aromatic rings. The molecule has 0 heterocycles. The van der Waals surface area contributed by atoms with Gasteiger partial charge in [-0.25, -0.2) is 4.79 Å². The van der Waals surface area contributed by atoms with Gasteiger partial charge >= 0.3 is 5.97 Å². The zero-order valence-electron chi connectivity index (χ0n) is 10.2. The third kappa shape index (κ3) is 4.10. The maximum Gasteiger partial charge on any atom is 0.326 e. The van der Waals surface area contributed by atoms with Gasteiger partial charge < -0.3 is 10.4 Å². The maximum atomic E-state index is 11.3. The first-order chi connectivity index (χ1) is 9.15. The minimum absolute atomic E-state index is 0.442. The summed E-state index contributed by atoms with van der Waals surface area (Å²) in [5.74, 6) is -0.855. The van der Waals surface area contributed by atoms with Crippen LogP contribution in [0.2, 0.25) is 0 Å². The highest BCUT2D eigenvalue weighted by Gasteiger charge is 2.17. The summed E-state index contributed by atoms with van der Waals surface area (Å²) < 4.78 is 0.985. The number of carboxylic acids is 1. The molecule has 3 nitrogen and oxygen atoms in total. The smallest absolute Gasteiger partial charge is 0.326 e. The Morgan fingerprint density at radius 1 is 1.11 bits per heavy atom. The van der Waals surface area contributed by atoms with E-state index in [1.807, 2.05) is 54.6 Å². The Kier molecular flexibility index (Phi) is 4.58. The van der Waals surface area contributed by atoms with Gasteiger partial charge in [-0.05, 0) is 29.8 Å². The Morgan fingerprint density at radius 2 is 1.74 bits per heavy atom. The van der Waals surface area contributed by atoms with Crippen molar-refractivity contribution < 1.29 is 9.90 Å². The highest BCUT2D eigenvalue weighted by atomic mass is 79.9. The fourth-order valence-corrected chi connectivity index (χ4v) is 2.06. The van der Waals surface area contributed by atoms with E-state index >= 15 is 0 Å². The van der Waals surface area contributed by atoms with E-state index in [0.717, 1.165) is 15.7 Å². The predicted molar refractivity (Wildman–Crippen MR) is 79.3 cm³/mol. The molecule has 2 rings (SSSR count). The van der Waals surface area contributed by atoms with Crippen molar-refractivity contribution in [2.45, 2.75) is 12.5 Å². The summed E-state index contributed by atoms with van der Waals surface area (Å²) >= 11 is 3.36. The van der Waals surface area contributed by atoms with Crippen LogP contribution in [0.4, 0.5) is 5.69 Å². The van der Waals surface area contributed by atoms with E-state index < -0.39 is 12.0 Å². The molecule has 0 spiro atoms. The molecule has 0 fully saturated rings. The van der Waals surface area contributed by atoms with Crippen molar-refractivity contribution in [1.29, 1.82) is 0 Å². The molecule has 0 bridgehead atoms. The van der Waals surface area contributed by atoms with E-state index in [-0.39, 0.29) is 0 Å². The zero-order chi connectivity index (χ0) is 13.7. The molecular weight excluding hydrogens is 306 g/mol. The molecule has 2 N–H and O–H groups in total. The van der Waals surface area contributed by atoms with Gasteiger partial charge in [0.25, 0.3) is 0 Å². The molecule has 1 atom stereocenters. The molecule has 0 aliphatic rings. The average Bonchev–Trinajstić information content (AvgIpc) is 2.41. The van der Waals surface area contributed by atoms with Gasteiger partial charge in [-0.15, -0.1) is 0 Å². The summed E-state index contributed by atoms with van der Waals surface area (Å²) in [6.45, 7) is 0. The van der Waals surface area contributed by atoms with E-state index in [0.29, 0.717) is 6.42 Å². The van der Waals surface area contributed by atoms with E-state index in [4.69, 9.17) is 0 Å². The van der Waals surface area contributed by atoms with Crippen LogP contribution in [0.15, 0.2) is 59.1 Å². The molecule has 0 unspecified atom stereocenters. The predicted octanol–water partition coefficient (Wildman–Crippen LogP) is 3.56. The van der Waals surface area contributed by atoms with Crippen molar-refractivity contribution >= 4 is 27.6 Å². The molecular formula is C15H14BrNO2. The number of para-hydroxylation sites is 1. The van der Waals surface area contributed by atoms with Gasteiger partial charge in [-0.3, -0.25) is 0 Å². The number of aliphatic carboxylic acids is 1. The van der Waals surface area contributed by atoms with Gasteiger partial charge in [-0.1, -0.05) is 46.3 Å². The number of benzene rings is 2. The quantitative estimate of drug-likeness (QED) is 0.886. The summed E-state index contributed by atoms with van der Waals surface area (Å²) in [6, 6.07) is 16.4. The first-order valence-corrected chi connectivity index (χ1v) is 6.73. The Hall–Kier alpha value is -1.81. The summed E-state index contributed by atoms with van der Waals surface area (Å²) in [6.07, 6.45) is 0.442. The Balaban J connectivity index is 2.08. The van der Waals surface area contributed by atoms with Crippen LogP contribution in [0.1, 0.15) is 5.56 Å². The maximum absolute atomic E-state index is 11.3. The number of hydrogen-bond acceptors (Lipinski definition) is 2. The number of rotatable bonds is 5. The second-order valence-electron chi connectivity index (χ2n) is 4.23. The topological polar surface area (TPSA) is 49.3 Å². The molecule has 0 amide bonds. The molecule has 0 aromatic heterocycles. The number of hydrogen-bond donors (Lipinski definition) is 2. The van der Waals surface area contributed by atoms with Crippen molar-refractivity contribution in [2.75, 3.05) is 5.32 Å². The van der Waals surface area contributed by atoms with Crippen LogP contribution < -0.4 is 5.32 Å². The largest absolute Gasteiger partial charge is 0.480 e. The van der Waals surface area contributed by atoms with Crippen molar-refractivity contribution in [3.63, 3.8) is 0 Å². The van der Waals surface area contributed by atoms with Crippen LogP contribution in [0, 0.1) is 0 Å². The third-order valence-corrected chi connectivity index (χ3v) is 3.29. The number of nitrogens with one attached hydrogen (secondary N) is 1. The summed E-state index contributed by atoms with van der Waals surface area (Å²) in [4.78, 5) is 11.3. The Morgan fingerprint density at radius 3 is 2.32 bits per heavy atom. The van der Waals surface area contributed by atoms with Gasteiger partial charge in [0.15, 0.2) is 0 Å². The lowest BCUT2D eigenvalue weighted by molar-refractivity contribution is -0.137. The molecule has 0 saturated carbocycles. The lowest BCUT2D eigenvalue weighted by Gasteiger charge is -2.15. The molecule has 0 saturated heterocycles. The van der Waals surface area contributed by atoms with Crippen LogP contribution in [0.5, 0.6) is 0 Å². The van der Waals surface area contributed by atoms with Crippen LogP contribution in [0.3, 0.4) is 0 Å². The van der Waals surface area contributed by atoms with Gasteiger partial charge in [0.2, 0.25) is 0 Å². The molecule has 98 valence electrons. The molecule has 0 aliphatic carbocycles. The Bertz CT molecular complexity index is 540. The fraction of sp³-hybridized carbons (Fsp3) is 0.133. The molecule has 19 heavy (non-hydrogen) atoms. The fourth-order valence-electron chi connectivity index (χ4n) is 1.79. The summed E-state index contributed by atoms with van der Waals surface area (Å²) in [7, 11) is 0. The van der Waals surface area contributed by atoms with Crippen molar-refractivity contribution in [1.82, 2.24) is 0 Å². The second-order valence-corrected chi connectivity index (χ2v) is 5.15. The third-order valence-electron chi connectivity index (χ3n) is 2.77. The van der Waals surface area contributed by atoms with Crippen molar-refractivity contribution in [3.8, 4) is 0 Å². The first-order valence-electron chi connectivity index (χ1n) is 5.94. The summed E-state index contributed by atoms with van der Waals surface area (Å²) in [5, 5.41) is 12.3. The first kappa shape index (κ1) is 13.6. The van der Waals surface area contributed by atoms with Gasteiger partial charge in [-0.2, -0.15) is 0 Å². The van der Waals surface area contributed by atoms with Crippen LogP contribution >= 0.6 is 15.9 Å². The summed E-state index contributed by atoms with van der Waals surface area (Å²) in [5.41, 5.74) is 1.80. The second kappa shape index (κ2) is 6.38. The van der Waals surface area contributed by atoms with Crippen molar-refractivity contribution in [2.24, 2.45) is 0 Å². The minimum atomic E-state index is -0.855. The molecule has 0 aliphatic heterocycles. The van der Waals surface area contributed by atoms with E-state index in [9.17, 15) is 9.90 Å². The monoisotopic (exact) mass is 319 g/mol. The number of carbonyl (C=O) groups is 1. The van der Waals surface area contributed by atoms with E-state index in [1.54, 1.807) is 0 Å². The molecule has 4 heteroatoms. The number of anilines is 1. The lowest BCUT2D eigenvalue weighted by Crippen LogP contribution is -2.31. The van der Waals surface area contributed by atoms with Crippen LogP contribution in [0.25, 0.3) is 0 Å². The lowest BCUT2D eigenvalue weighted by atomic mass is 10.1. The zero-order valence-corrected chi connectivity index (χ0v) is 11.8. The van der Waals surface area contributed by atoms with Gasteiger partial charge in [0, 0.05) is 16.6 Å². The van der Waals surface area contributed by atoms with Crippen LogP contribution in [-0.4, -0.2) is 17.1 Å². The molecule has 0 radical (unpaired) electrons. The number of halogens is 1. The van der Waals surface area contributed by atoms with Crippen LogP contribution in [-0.2, 0) is 11.2 Å². The van der Waals surface area contributed by atoms with E-state index in [1.165, 1.54) is 0 Å². The highest BCUT2D eigenvalue weighted by molar-refractivity contribution is 9.10. The molecule has 2 aromatic carbocycles. The van der Waals surface area contributed by atoms with Crippen molar-refractivity contribution in [3.05, 3.63) is 64.6 Å². The average molecular weight is 320 g/mol. The minimum Gasteiger partial charge on any atom is -0.480 e. The van der Waals surface area contributed by atoms with Gasteiger partial charge in [0.1, 0.15) is 6.04 Å². The highest BCUT2D eigenvalue weighted by Crippen LogP contribution is 2.14. The number of carboxylic acid groups (broad SMARTS) is 1. The van der Waals surface area contributed by atoms with E-state index in [2.05, 4.69) is 21.2 Å². The van der Waals surface area contributed by atoms with Gasteiger partial charge in [0.05, 0.1) is 0 Å². The normalized spacial score (nSPS) is 11.8. The SMILES string of the molecule is O=C(O)[C@H](Cc1ccc(Br)cc1)Nc1ccccc1.